The Hall–Kier alpha value is -1.59. The van der Waals surface area contributed by atoms with Crippen LogP contribution < -0.4 is 0 Å². The van der Waals surface area contributed by atoms with Crippen molar-refractivity contribution in [2.75, 3.05) is 0 Å². The molecule has 0 aromatic carbocycles. The molecule has 0 heterocycles. The highest BCUT2D eigenvalue weighted by atomic mass is 16.4. The largest absolute Gasteiger partial charge is 0.481 e. The highest BCUT2D eigenvalue weighted by Crippen LogP contribution is 2.53. The third-order valence-electron chi connectivity index (χ3n) is 3.76. The van der Waals surface area contributed by atoms with E-state index in [4.69, 9.17) is 5.11 Å². The molecule has 0 bridgehead atoms. The lowest BCUT2D eigenvalue weighted by Crippen LogP contribution is -2.56. The number of aliphatic carboxylic acids is 3. The maximum absolute atomic E-state index is 11.9. The van der Waals surface area contributed by atoms with Crippen LogP contribution in [0.15, 0.2) is 0 Å². The SMILES string of the molecule is CC(C)(C)C(C(=O)O)[C@@](CC(=O)O)(C(=O)O)C(C)(C)C. The minimum atomic E-state index is -1.90. The van der Waals surface area contributed by atoms with Gasteiger partial charge in [0, 0.05) is 0 Å². The minimum absolute atomic E-state index is 0.736. The summed E-state index contributed by atoms with van der Waals surface area (Å²) in [6, 6.07) is 0. The van der Waals surface area contributed by atoms with Gasteiger partial charge >= 0.3 is 17.9 Å². The normalized spacial score (nSPS) is 17.1. The quantitative estimate of drug-likeness (QED) is 0.715. The van der Waals surface area contributed by atoms with Crippen LogP contribution in [0.3, 0.4) is 0 Å². The summed E-state index contributed by atoms with van der Waals surface area (Å²) in [7, 11) is 0. The molecule has 20 heavy (non-hydrogen) atoms. The lowest BCUT2D eigenvalue weighted by Gasteiger charge is -2.48. The number of carbonyl (C=O) groups is 3. The highest BCUT2D eigenvalue weighted by molar-refractivity contribution is 5.88. The van der Waals surface area contributed by atoms with Gasteiger partial charge in [-0.05, 0) is 10.8 Å². The first-order valence-corrected chi connectivity index (χ1v) is 6.36. The Kier molecular flexibility index (Phi) is 4.99. The van der Waals surface area contributed by atoms with E-state index in [0.717, 1.165) is 0 Å². The Morgan fingerprint density at radius 1 is 0.900 bits per heavy atom. The van der Waals surface area contributed by atoms with Crippen LogP contribution in [0.4, 0.5) is 0 Å². The predicted molar refractivity (Wildman–Crippen MR) is 72.4 cm³/mol. The highest BCUT2D eigenvalue weighted by Gasteiger charge is 2.61. The van der Waals surface area contributed by atoms with Crippen LogP contribution in [0.1, 0.15) is 48.0 Å². The average Bonchev–Trinajstić information content (AvgIpc) is 2.09. The maximum atomic E-state index is 11.9. The zero-order chi connectivity index (χ0) is 16.5. The summed E-state index contributed by atoms with van der Waals surface area (Å²) in [5, 5.41) is 28.3. The van der Waals surface area contributed by atoms with Crippen LogP contribution >= 0.6 is 0 Å². The lowest BCUT2D eigenvalue weighted by atomic mass is 9.52. The zero-order valence-corrected chi connectivity index (χ0v) is 12.9. The zero-order valence-electron chi connectivity index (χ0n) is 12.9. The van der Waals surface area contributed by atoms with Gasteiger partial charge in [-0.25, -0.2) is 0 Å². The van der Waals surface area contributed by atoms with E-state index in [1.807, 2.05) is 0 Å². The number of rotatable bonds is 5. The van der Waals surface area contributed by atoms with E-state index in [-0.39, 0.29) is 0 Å². The molecule has 0 saturated carbocycles. The standard InChI is InChI=1S/C14H24O6/c1-12(2,3)9(10(17)18)14(11(19)20,7-8(15)16)13(4,5)6/h9H,7H2,1-6H3,(H,15,16)(H,17,18)(H,19,20)/t9?,14-/m0/s1. The molecule has 1 unspecified atom stereocenters. The molecule has 6 nitrogen and oxygen atoms in total. The van der Waals surface area contributed by atoms with Crippen molar-refractivity contribution in [3.8, 4) is 0 Å². The molecular weight excluding hydrogens is 264 g/mol. The van der Waals surface area contributed by atoms with Crippen LogP contribution in [0.25, 0.3) is 0 Å². The molecular formula is C14H24O6. The third kappa shape index (κ3) is 3.29. The Morgan fingerprint density at radius 3 is 1.45 bits per heavy atom. The number of carboxylic acid groups (broad SMARTS) is 3. The van der Waals surface area contributed by atoms with E-state index in [1.165, 1.54) is 0 Å². The average molecular weight is 288 g/mol. The van der Waals surface area contributed by atoms with Gasteiger partial charge in [0.1, 0.15) is 0 Å². The van der Waals surface area contributed by atoms with E-state index in [1.54, 1.807) is 41.5 Å². The molecule has 6 heteroatoms. The Balaban J connectivity index is 6.41. The van der Waals surface area contributed by atoms with E-state index in [9.17, 15) is 24.6 Å². The van der Waals surface area contributed by atoms with Crippen molar-refractivity contribution in [3.05, 3.63) is 0 Å². The smallest absolute Gasteiger partial charge is 0.311 e. The van der Waals surface area contributed by atoms with Crippen molar-refractivity contribution in [1.29, 1.82) is 0 Å². The monoisotopic (exact) mass is 288 g/mol. The molecule has 0 rings (SSSR count). The van der Waals surface area contributed by atoms with Crippen LogP contribution in [-0.2, 0) is 14.4 Å². The molecule has 0 saturated heterocycles. The van der Waals surface area contributed by atoms with Gasteiger partial charge in [-0.1, -0.05) is 41.5 Å². The summed E-state index contributed by atoms with van der Waals surface area (Å²) in [4.78, 5) is 34.7. The molecule has 116 valence electrons. The van der Waals surface area contributed by atoms with Crippen LogP contribution in [0.2, 0.25) is 0 Å². The molecule has 0 radical (unpaired) electrons. The molecule has 2 atom stereocenters. The van der Waals surface area contributed by atoms with Crippen molar-refractivity contribution in [2.45, 2.75) is 48.0 Å². The Morgan fingerprint density at radius 2 is 1.30 bits per heavy atom. The number of hydrogen-bond donors (Lipinski definition) is 3. The fourth-order valence-electron chi connectivity index (χ4n) is 2.88. The fourth-order valence-corrected chi connectivity index (χ4v) is 2.88. The van der Waals surface area contributed by atoms with E-state index < -0.39 is 46.5 Å². The van der Waals surface area contributed by atoms with Crippen LogP contribution in [-0.4, -0.2) is 33.2 Å². The first-order valence-electron chi connectivity index (χ1n) is 6.36. The lowest BCUT2D eigenvalue weighted by molar-refractivity contribution is -0.184. The number of hydrogen-bond acceptors (Lipinski definition) is 3. The predicted octanol–water partition coefficient (Wildman–Crippen LogP) is 2.33. The van der Waals surface area contributed by atoms with Gasteiger partial charge in [0.2, 0.25) is 0 Å². The second-order valence-electron chi connectivity index (χ2n) is 7.23. The minimum Gasteiger partial charge on any atom is -0.481 e. The van der Waals surface area contributed by atoms with Gasteiger partial charge in [-0.3, -0.25) is 14.4 Å². The summed E-state index contributed by atoms with van der Waals surface area (Å²) < 4.78 is 0. The van der Waals surface area contributed by atoms with Gasteiger partial charge in [-0.2, -0.15) is 0 Å². The second-order valence-corrected chi connectivity index (χ2v) is 7.23. The Bertz CT molecular complexity index is 412. The molecule has 0 spiro atoms. The molecule has 3 N–H and O–H groups in total. The second kappa shape index (κ2) is 5.42. The van der Waals surface area contributed by atoms with E-state index in [2.05, 4.69) is 0 Å². The molecule has 0 aromatic rings. The summed E-state index contributed by atoms with van der Waals surface area (Å²) in [6.07, 6.45) is -0.736. The van der Waals surface area contributed by atoms with Gasteiger partial charge < -0.3 is 15.3 Å². The van der Waals surface area contributed by atoms with Gasteiger partial charge in [0.25, 0.3) is 0 Å². The molecule has 0 amide bonds. The summed E-state index contributed by atoms with van der Waals surface area (Å²) in [5.74, 6) is -5.34. The maximum Gasteiger partial charge on any atom is 0.311 e. The molecule has 0 fully saturated rings. The van der Waals surface area contributed by atoms with E-state index >= 15 is 0 Å². The van der Waals surface area contributed by atoms with E-state index in [0.29, 0.717) is 0 Å². The van der Waals surface area contributed by atoms with Gasteiger partial charge in [0.15, 0.2) is 0 Å². The van der Waals surface area contributed by atoms with Crippen molar-refractivity contribution >= 4 is 17.9 Å². The topological polar surface area (TPSA) is 112 Å². The van der Waals surface area contributed by atoms with Crippen molar-refractivity contribution < 1.29 is 29.7 Å². The fraction of sp³-hybridized carbons (Fsp3) is 0.786. The number of carboxylic acids is 3. The first kappa shape index (κ1) is 18.4. The summed E-state index contributed by atoms with van der Waals surface area (Å²) in [5.41, 5.74) is -3.83. The molecule has 0 aliphatic heterocycles. The van der Waals surface area contributed by atoms with Gasteiger partial charge in [-0.15, -0.1) is 0 Å². The summed E-state index contributed by atoms with van der Waals surface area (Å²) in [6.45, 7) is 9.51. The third-order valence-corrected chi connectivity index (χ3v) is 3.76. The van der Waals surface area contributed by atoms with Crippen molar-refractivity contribution in [2.24, 2.45) is 22.2 Å². The Labute approximate surface area is 118 Å². The molecule has 0 aliphatic carbocycles. The van der Waals surface area contributed by atoms with Crippen molar-refractivity contribution in [3.63, 3.8) is 0 Å². The molecule has 0 aromatic heterocycles. The van der Waals surface area contributed by atoms with Crippen LogP contribution in [0, 0.1) is 22.2 Å². The van der Waals surface area contributed by atoms with Gasteiger partial charge in [0.05, 0.1) is 17.8 Å². The van der Waals surface area contributed by atoms with Crippen molar-refractivity contribution in [1.82, 2.24) is 0 Å². The first-order chi connectivity index (χ1) is 8.68. The molecule has 0 aliphatic rings. The van der Waals surface area contributed by atoms with Crippen LogP contribution in [0.5, 0.6) is 0 Å². The summed E-state index contributed by atoms with van der Waals surface area (Å²) >= 11 is 0.